The number of fused-ring (bicyclic) bond motifs is 4. The van der Waals surface area contributed by atoms with Crippen molar-refractivity contribution in [3.8, 4) is 0 Å². The molecule has 7 heteroatoms. The van der Waals surface area contributed by atoms with Crippen LogP contribution in [0.25, 0.3) is 0 Å². The minimum Gasteiger partial charge on any atom is -0.440 e. The number of ether oxygens (including phenoxy) is 1. The van der Waals surface area contributed by atoms with Gasteiger partial charge >= 0.3 is 6.09 Å². The molecule has 2 amide bonds. The molecule has 0 bridgehead atoms. The lowest BCUT2D eigenvalue weighted by molar-refractivity contribution is 0.0749. The third kappa shape index (κ3) is 3.58. The van der Waals surface area contributed by atoms with Crippen LogP contribution in [0.1, 0.15) is 58.6 Å². The van der Waals surface area contributed by atoms with E-state index < -0.39 is 6.09 Å². The molecule has 0 saturated heterocycles. The van der Waals surface area contributed by atoms with E-state index in [-0.39, 0.29) is 22.9 Å². The first kappa shape index (κ1) is 18.4. The van der Waals surface area contributed by atoms with Gasteiger partial charge in [0.2, 0.25) is 0 Å². The van der Waals surface area contributed by atoms with Crippen molar-refractivity contribution < 1.29 is 14.3 Å². The van der Waals surface area contributed by atoms with Crippen LogP contribution in [-0.4, -0.2) is 28.2 Å². The van der Waals surface area contributed by atoms with Crippen molar-refractivity contribution in [3.63, 3.8) is 0 Å². The Morgan fingerprint density at radius 1 is 1.22 bits per heavy atom. The van der Waals surface area contributed by atoms with Gasteiger partial charge in [-0.2, -0.15) is 0 Å². The van der Waals surface area contributed by atoms with E-state index in [4.69, 9.17) is 4.74 Å². The van der Waals surface area contributed by atoms with E-state index in [2.05, 4.69) is 5.32 Å². The van der Waals surface area contributed by atoms with Crippen molar-refractivity contribution in [2.75, 3.05) is 5.75 Å². The molecule has 0 unspecified atom stereocenters. The van der Waals surface area contributed by atoms with Gasteiger partial charge in [-0.1, -0.05) is 18.2 Å². The number of benzene rings is 1. The van der Waals surface area contributed by atoms with Gasteiger partial charge in [0.25, 0.3) is 5.91 Å². The van der Waals surface area contributed by atoms with E-state index in [0.29, 0.717) is 12.3 Å². The average Bonchev–Trinajstić information content (AvgIpc) is 3.13. The Labute approximate surface area is 167 Å². The summed E-state index contributed by atoms with van der Waals surface area (Å²) >= 11 is 3.26. The van der Waals surface area contributed by atoms with Crippen molar-refractivity contribution >= 4 is 35.1 Å². The van der Waals surface area contributed by atoms with E-state index in [9.17, 15) is 9.59 Å². The zero-order valence-electron chi connectivity index (χ0n) is 15.5. The second-order valence-corrected chi connectivity index (χ2v) is 9.89. The topological polar surface area (TPSA) is 58.6 Å². The van der Waals surface area contributed by atoms with Gasteiger partial charge in [0.1, 0.15) is 11.5 Å². The number of carbonyl (C=O) groups is 2. The van der Waals surface area contributed by atoms with Crippen molar-refractivity contribution in [2.45, 2.75) is 44.3 Å². The quantitative estimate of drug-likeness (QED) is 0.750. The van der Waals surface area contributed by atoms with Crippen LogP contribution in [0.2, 0.25) is 0 Å². The molecule has 2 atom stereocenters. The van der Waals surface area contributed by atoms with Gasteiger partial charge in [0.15, 0.2) is 0 Å². The largest absolute Gasteiger partial charge is 0.440 e. The molecule has 0 spiro atoms. The Morgan fingerprint density at radius 3 is 2.78 bits per heavy atom. The maximum Gasteiger partial charge on any atom is 0.408 e. The number of thiophene rings is 1. The van der Waals surface area contributed by atoms with Gasteiger partial charge < -0.3 is 15.0 Å². The molecular weight excluding hydrogens is 380 g/mol. The van der Waals surface area contributed by atoms with Crippen LogP contribution in [-0.2, 0) is 11.3 Å². The molecule has 27 heavy (non-hydrogen) atoms. The van der Waals surface area contributed by atoms with Crippen LogP contribution in [0.4, 0.5) is 4.79 Å². The normalized spacial score (nSPS) is 21.6. The van der Waals surface area contributed by atoms with E-state index in [1.165, 1.54) is 0 Å². The molecule has 142 valence electrons. The Bertz CT molecular complexity index is 887. The number of nitrogens with zero attached hydrogens (tertiary/aromatic N) is 1. The zero-order chi connectivity index (χ0) is 19.2. The highest BCUT2D eigenvalue weighted by Crippen LogP contribution is 2.47. The fourth-order valence-electron chi connectivity index (χ4n) is 3.42. The van der Waals surface area contributed by atoms with Gasteiger partial charge in [-0.15, -0.1) is 23.1 Å². The number of nitrogens with one attached hydrogen (secondary N) is 1. The van der Waals surface area contributed by atoms with E-state index in [0.717, 1.165) is 21.6 Å². The van der Waals surface area contributed by atoms with Gasteiger partial charge in [0, 0.05) is 27.3 Å². The smallest absolute Gasteiger partial charge is 0.408 e. The SMILES string of the molecule is CC(C)(C)NC(=O)O[C@@H]1CS[C@@H]2c3ccccc3C(=O)N2Cc2sccc21. The van der Waals surface area contributed by atoms with E-state index >= 15 is 0 Å². The molecule has 4 rings (SSSR count). The standard InChI is InChI=1S/C20H22N2O3S2/c1-20(2,3)21-19(24)25-15-11-27-18-13-7-5-4-6-12(13)17(23)22(18)10-16-14(15)8-9-26-16/h4-9,15,18H,10-11H2,1-3H3,(H,21,24)/t15-,18-/m1/s1. The first-order valence-corrected chi connectivity index (χ1v) is 10.8. The molecule has 0 saturated carbocycles. The molecule has 0 aliphatic carbocycles. The molecule has 5 nitrogen and oxygen atoms in total. The van der Waals surface area contributed by atoms with Crippen molar-refractivity contribution in [1.29, 1.82) is 0 Å². The summed E-state index contributed by atoms with van der Waals surface area (Å²) in [5.41, 5.74) is 2.47. The monoisotopic (exact) mass is 402 g/mol. The molecule has 0 fully saturated rings. The summed E-state index contributed by atoms with van der Waals surface area (Å²) in [5.74, 6) is 0.677. The van der Waals surface area contributed by atoms with Gasteiger partial charge in [-0.05, 0) is 43.8 Å². The summed E-state index contributed by atoms with van der Waals surface area (Å²) < 4.78 is 5.78. The Hall–Kier alpha value is -1.99. The summed E-state index contributed by atoms with van der Waals surface area (Å²) in [4.78, 5) is 28.2. The minimum absolute atomic E-state index is 0.0410. The van der Waals surface area contributed by atoms with E-state index in [1.54, 1.807) is 23.1 Å². The van der Waals surface area contributed by atoms with Crippen molar-refractivity contribution in [3.05, 3.63) is 57.3 Å². The minimum atomic E-state index is -0.412. The third-order valence-electron chi connectivity index (χ3n) is 4.57. The van der Waals surface area contributed by atoms with Crippen LogP contribution in [0.15, 0.2) is 35.7 Å². The molecule has 1 aromatic heterocycles. The summed E-state index contributed by atoms with van der Waals surface area (Å²) in [7, 11) is 0. The van der Waals surface area contributed by atoms with E-state index in [1.807, 2.05) is 61.4 Å². The van der Waals surface area contributed by atoms with Crippen molar-refractivity contribution in [1.82, 2.24) is 10.2 Å². The highest BCUT2D eigenvalue weighted by molar-refractivity contribution is 7.99. The summed E-state index contributed by atoms with van der Waals surface area (Å²) in [6, 6.07) is 9.79. The predicted molar refractivity (Wildman–Crippen MR) is 108 cm³/mol. The highest BCUT2D eigenvalue weighted by atomic mass is 32.2. The molecule has 2 aromatic rings. The zero-order valence-corrected chi connectivity index (χ0v) is 17.2. The van der Waals surface area contributed by atoms with Crippen LogP contribution in [0.3, 0.4) is 0 Å². The molecule has 1 N–H and O–H groups in total. The molecule has 3 heterocycles. The maximum absolute atomic E-state index is 12.9. The fraction of sp³-hybridized carbons (Fsp3) is 0.400. The van der Waals surface area contributed by atoms with Crippen LogP contribution >= 0.6 is 23.1 Å². The number of hydrogen-bond donors (Lipinski definition) is 1. The second-order valence-electron chi connectivity index (χ2n) is 7.77. The first-order chi connectivity index (χ1) is 12.8. The van der Waals surface area contributed by atoms with Crippen molar-refractivity contribution in [2.24, 2.45) is 0 Å². The lowest BCUT2D eigenvalue weighted by Gasteiger charge is -2.31. The highest BCUT2D eigenvalue weighted by Gasteiger charge is 2.40. The van der Waals surface area contributed by atoms with Gasteiger partial charge in [-0.3, -0.25) is 4.79 Å². The number of alkyl carbamates (subject to hydrolysis) is 1. The summed E-state index contributed by atoms with van der Waals surface area (Å²) in [5, 5.41) is 4.82. The third-order valence-corrected chi connectivity index (χ3v) is 6.81. The molecule has 2 aliphatic heterocycles. The number of thioether (sulfide) groups is 1. The molecule has 0 radical (unpaired) electrons. The Balaban J connectivity index is 1.62. The van der Waals surface area contributed by atoms with Crippen LogP contribution < -0.4 is 5.32 Å². The summed E-state index contributed by atoms with van der Waals surface area (Å²) in [6.45, 7) is 6.32. The number of hydrogen-bond acceptors (Lipinski definition) is 5. The fourth-order valence-corrected chi connectivity index (χ4v) is 5.69. The van der Waals surface area contributed by atoms with Crippen LogP contribution in [0.5, 0.6) is 0 Å². The van der Waals surface area contributed by atoms with Crippen LogP contribution in [0, 0.1) is 0 Å². The maximum atomic E-state index is 12.9. The van der Waals surface area contributed by atoms with Gasteiger partial charge in [0.05, 0.1) is 6.54 Å². The second kappa shape index (κ2) is 6.87. The Kier molecular flexibility index (Phi) is 4.68. The average molecular weight is 403 g/mol. The number of amides is 2. The molecule has 2 aliphatic rings. The number of carbonyl (C=O) groups excluding carboxylic acids is 2. The predicted octanol–water partition coefficient (Wildman–Crippen LogP) is 4.72. The lowest BCUT2D eigenvalue weighted by Crippen LogP contribution is -2.41. The molecular formula is C20H22N2O3S2. The number of rotatable bonds is 1. The van der Waals surface area contributed by atoms with Gasteiger partial charge in [-0.25, -0.2) is 4.79 Å². The lowest BCUT2D eigenvalue weighted by atomic mass is 10.1. The Morgan fingerprint density at radius 2 is 2.00 bits per heavy atom. The first-order valence-electron chi connectivity index (χ1n) is 8.90. The molecule has 1 aromatic carbocycles. The summed E-state index contributed by atoms with van der Waals surface area (Å²) in [6.07, 6.45) is -0.741.